The van der Waals surface area contributed by atoms with Gasteiger partial charge in [0.05, 0.1) is 30.0 Å². The number of para-hydroxylation sites is 1. The van der Waals surface area contributed by atoms with Gasteiger partial charge in [0, 0.05) is 30.7 Å². The Kier molecular flexibility index (Phi) is 5.03. The monoisotopic (exact) mass is 363 g/mol. The third kappa shape index (κ3) is 4.15. The largest absolute Gasteiger partial charge is 0.374 e. The first-order valence-electron chi connectivity index (χ1n) is 8.06. The van der Waals surface area contributed by atoms with E-state index in [0.717, 1.165) is 16.6 Å². The fourth-order valence-corrected chi connectivity index (χ4v) is 3.76. The number of aromatic nitrogens is 1. The standard InChI is InChI=1S/C17H21N3O4S/c1-12-9-15(14-5-3-4-6-16(14)19-12)17(21)18-10-13-11-20(7-8-24-13)25(2,22)23/h3-6,9,13H,7-8,10-11H2,1-2H3,(H,18,21). The Morgan fingerprint density at radius 2 is 2.16 bits per heavy atom. The molecule has 134 valence electrons. The molecule has 0 spiro atoms. The molecular weight excluding hydrogens is 342 g/mol. The number of hydrogen-bond donors (Lipinski definition) is 1. The lowest BCUT2D eigenvalue weighted by Gasteiger charge is -2.31. The van der Waals surface area contributed by atoms with E-state index in [1.54, 1.807) is 6.07 Å². The number of pyridine rings is 1. The first-order chi connectivity index (χ1) is 11.8. The molecule has 1 amide bonds. The Morgan fingerprint density at radius 1 is 1.40 bits per heavy atom. The second kappa shape index (κ2) is 7.07. The van der Waals surface area contributed by atoms with E-state index < -0.39 is 10.0 Å². The maximum absolute atomic E-state index is 12.6. The lowest BCUT2D eigenvalue weighted by molar-refractivity contribution is 0.000447. The van der Waals surface area contributed by atoms with Crippen molar-refractivity contribution in [1.82, 2.24) is 14.6 Å². The molecule has 2 aromatic rings. The Balaban J connectivity index is 1.71. The van der Waals surface area contributed by atoms with Crippen LogP contribution in [0, 0.1) is 6.92 Å². The summed E-state index contributed by atoms with van der Waals surface area (Å²) in [7, 11) is -3.25. The van der Waals surface area contributed by atoms with Gasteiger partial charge in [0.1, 0.15) is 0 Å². The molecule has 1 unspecified atom stereocenters. The lowest BCUT2D eigenvalue weighted by atomic mass is 10.1. The van der Waals surface area contributed by atoms with E-state index in [2.05, 4.69) is 10.3 Å². The van der Waals surface area contributed by atoms with Crippen LogP contribution in [0.2, 0.25) is 0 Å². The van der Waals surface area contributed by atoms with Crippen molar-refractivity contribution in [3.05, 3.63) is 41.6 Å². The molecule has 0 radical (unpaired) electrons. The van der Waals surface area contributed by atoms with E-state index in [1.165, 1.54) is 10.6 Å². The molecule has 1 atom stereocenters. The summed E-state index contributed by atoms with van der Waals surface area (Å²) in [6.07, 6.45) is 0.821. The molecule has 1 aliphatic rings. The molecule has 25 heavy (non-hydrogen) atoms. The number of benzene rings is 1. The van der Waals surface area contributed by atoms with Crippen molar-refractivity contribution in [2.24, 2.45) is 0 Å². The number of carbonyl (C=O) groups is 1. The van der Waals surface area contributed by atoms with E-state index in [1.807, 2.05) is 31.2 Å². The zero-order chi connectivity index (χ0) is 18.0. The maximum atomic E-state index is 12.6. The molecule has 3 rings (SSSR count). The fraction of sp³-hybridized carbons (Fsp3) is 0.412. The number of morpholine rings is 1. The van der Waals surface area contributed by atoms with Crippen LogP contribution in [-0.2, 0) is 14.8 Å². The molecular formula is C17H21N3O4S. The van der Waals surface area contributed by atoms with Gasteiger partial charge in [0.2, 0.25) is 10.0 Å². The lowest BCUT2D eigenvalue weighted by Crippen LogP contribution is -2.49. The SMILES string of the molecule is Cc1cc(C(=O)NCC2CN(S(C)(=O)=O)CCO2)c2ccccc2n1. The third-order valence-corrected chi connectivity index (χ3v) is 5.42. The second-order valence-electron chi connectivity index (χ2n) is 6.15. The molecule has 1 N–H and O–H groups in total. The van der Waals surface area contributed by atoms with Gasteiger partial charge in [-0.05, 0) is 19.1 Å². The van der Waals surface area contributed by atoms with Gasteiger partial charge in [-0.2, -0.15) is 4.31 Å². The molecule has 2 heterocycles. The zero-order valence-electron chi connectivity index (χ0n) is 14.2. The van der Waals surface area contributed by atoms with Crippen molar-refractivity contribution >= 4 is 26.8 Å². The van der Waals surface area contributed by atoms with E-state index in [9.17, 15) is 13.2 Å². The summed E-state index contributed by atoms with van der Waals surface area (Å²) in [4.78, 5) is 17.0. The van der Waals surface area contributed by atoms with Crippen LogP contribution in [0.5, 0.6) is 0 Å². The van der Waals surface area contributed by atoms with Gasteiger partial charge < -0.3 is 10.1 Å². The highest BCUT2D eigenvalue weighted by molar-refractivity contribution is 7.88. The number of nitrogens with zero attached hydrogens (tertiary/aromatic N) is 2. The van der Waals surface area contributed by atoms with Gasteiger partial charge in [-0.25, -0.2) is 8.42 Å². The topological polar surface area (TPSA) is 88.6 Å². The summed E-state index contributed by atoms with van der Waals surface area (Å²) >= 11 is 0. The van der Waals surface area contributed by atoms with Gasteiger partial charge in [0.15, 0.2) is 0 Å². The number of sulfonamides is 1. The maximum Gasteiger partial charge on any atom is 0.252 e. The van der Waals surface area contributed by atoms with E-state index in [0.29, 0.717) is 18.7 Å². The fourth-order valence-electron chi connectivity index (χ4n) is 2.91. The smallest absolute Gasteiger partial charge is 0.252 e. The minimum atomic E-state index is -3.25. The van der Waals surface area contributed by atoms with E-state index in [-0.39, 0.29) is 25.1 Å². The van der Waals surface area contributed by atoms with Crippen LogP contribution >= 0.6 is 0 Å². The van der Waals surface area contributed by atoms with Crippen molar-refractivity contribution in [2.75, 3.05) is 32.5 Å². The highest BCUT2D eigenvalue weighted by atomic mass is 32.2. The van der Waals surface area contributed by atoms with Gasteiger partial charge in [-0.1, -0.05) is 18.2 Å². The number of ether oxygens (including phenoxy) is 1. The van der Waals surface area contributed by atoms with Crippen molar-refractivity contribution in [1.29, 1.82) is 0 Å². The second-order valence-corrected chi connectivity index (χ2v) is 8.13. The van der Waals surface area contributed by atoms with Gasteiger partial charge in [-0.3, -0.25) is 9.78 Å². The number of amides is 1. The molecule has 1 saturated heterocycles. The number of nitrogens with one attached hydrogen (secondary N) is 1. The van der Waals surface area contributed by atoms with Crippen LogP contribution in [0.25, 0.3) is 10.9 Å². The first-order valence-corrected chi connectivity index (χ1v) is 9.91. The van der Waals surface area contributed by atoms with Gasteiger partial charge in [-0.15, -0.1) is 0 Å². The molecule has 0 saturated carbocycles. The number of carbonyl (C=O) groups excluding carboxylic acids is 1. The summed E-state index contributed by atoms with van der Waals surface area (Å²) < 4.78 is 30.2. The molecule has 8 heteroatoms. The van der Waals surface area contributed by atoms with Crippen molar-refractivity contribution in [2.45, 2.75) is 13.0 Å². The van der Waals surface area contributed by atoms with Crippen LogP contribution in [0.15, 0.2) is 30.3 Å². The molecule has 0 bridgehead atoms. The molecule has 1 aromatic heterocycles. The van der Waals surface area contributed by atoms with Crippen LogP contribution in [0.4, 0.5) is 0 Å². The Morgan fingerprint density at radius 3 is 2.92 bits per heavy atom. The molecule has 1 fully saturated rings. The minimum absolute atomic E-state index is 0.221. The summed E-state index contributed by atoms with van der Waals surface area (Å²) in [5.74, 6) is -0.221. The minimum Gasteiger partial charge on any atom is -0.374 e. The van der Waals surface area contributed by atoms with E-state index >= 15 is 0 Å². The van der Waals surface area contributed by atoms with Gasteiger partial charge >= 0.3 is 0 Å². The zero-order valence-corrected chi connectivity index (χ0v) is 15.0. The highest BCUT2D eigenvalue weighted by Gasteiger charge is 2.27. The predicted molar refractivity (Wildman–Crippen MR) is 95.0 cm³/mol. The summed E-state index contributed by atoms with van der Waals surface area (Å²) in [5, 5.41) is 3.63. The average Bonchev–Trinajstić information content (AvgIpc) is 2.58. The highest BCUT2D eigenvalue weighted by Crippen LogP contribution is 2.18. The quantitative estimate of drug-likeness (QED) is 0.873. The van der Waals surface area contributed by atoms with Crippen LogP contribution in [-0.4, -0.2) is 62.2 Å². The summed E-state index contributed by atoms with van der Waals surface area (Å²) in [6.45, 7) is 3.01. The first kappa shape index (κ1) is 17.8. The molecule has 0 aliphatic carbocycles. The Labute approximate surface area is 147 Å². The molecule has 1 aliphatic heterocycles. The van der Waals surface area contributed by atoms with Crippen LogP contribution < -0.4 is 5.32 Å². The van der Waals surface area contributed by atoms with Gasteiger partial charge in [0.25, 0.3) is 5.91 Å². The number of rotatable bonds is 4. The molecule has 1 aromatic carbocycles. The predicted octanol–water partition coefficient (Wildman–Crippen LogP) is 0.933. The van der Waals surface area contributed by atoms with E-state index in [4.69, 9.17) is 4.74 Å². The summed E-state index contributed by atoms with van der Waals surface area (Å²) in [6, 6.07) is 9.23. The van der Waals surface area contributed by atoms with Crippen LogP contribution in [0.3, 0.4) is 0 Å². The Hall–Kier alpha value is -2.03. The average molecular weight is 363 g/mol. The number of hydrogen-bond acceptors (Lipinski definition) is 5. The van der Waals surface area contributed by atoms with Crippen LogP contribution in [0.1, 0.15) is 16.1 Å². The number of fused-ring (bicyclic) bond motifs is 1. The van der Waals surface area contributed by atoms with Crippen molar-refractivity contribution in [3.63, 3.8) is 0 Å². The number of aryl methyl sites for hydroxylation is 1. The molecule has 7 nitrogen and oxygen atoms in total. The normalized spacial score (nSPS) is 19.0. The Bertz CT molecular complexity index is 898. The third-order valence-electron chi connectivity index (χ3n) is 4.15. The van der Waals surface area contributed by atoms with Crippen molar-refractivity contribution < 1.29 is 17.9 Å². The summed E-state index contributed by atoms with van der Waals surface area (Å²) in [5.41, 5.74) is 2.09. The van der Waals surface area contributed by atoms with Crippen molar-refractivity contribution in [3.8, 4) is 0 Å².